The minimum atomic E-state index is -0.340. The molecule has 3 N–H and O–H groups in total. The third kappa shape index (κ3) is 4.77. The van der Waals surface area contributed by atoms with Gasteiger partial charge in [0.1, 0.15) is 11.4 Å². The van der Waals surface area contributed by atoms with E-state index in [9.17, 15) is 4.79 Å². The van der Waals surface area contributed by atoms with Crippen LogP contribution in [0.5, 0.6) is 5.75 Å². The number of aromatic amines is 1. The summed E-state index contributed by atoms with van der Waals surface area (Å²) in [5, 5.41) is 6.95. The molecule has 1 aromatic heterocycles. The van der Waals surface area contributed by atoms with Gasteiger partial charge < -0.3 is 4.74 Å². The number of halogens is 1. The average molecular weight is 427 g/mol. The van der Waals surface area contributed by atoms with Crippen molar-refractivity contribution in [2.24, 2.45) is 0 Å². The van der Waals surface area contributed by atoms with Crippen molar-refractivity contribution < 1.29 is 9.53 Å². The van der Waals surface area contributed by atoms with Gasteiger partial charge in [0.25, 0.3) is 5.91 Å². The fourth-order valence-electron chi connectivity index (χ4n) is 2.42. The van der Waals surface area contributed by atoms with Gasteiger partial charge in [-0.3, -0.25) is 20.7 Å². The standard InChI is InChI=1S/C20H19BrN4O2/c1-3-27-17-6-4-5-15(11-17)18-12-19(24-23-18)20(26)25-22-13(2)14-7-9-16(21)10-8-14/h4-12,22H,2-3H2,1H3,(H,23,24)(H,25,26). The summed E-state index contributed by atoms with van der Waals surface area (Å²) in [6, 6.07) is 16.8. The van der Waals surface area contributed by atoms with E-state index in [4.69, 9.17) is 4.74 Å². The van der Waals surface area contributed by atoms with Gasteiger partial charge in [0.2, 0.25) is 0 Å². The van der Waals surface area contributed by atoms with E-state index < -0.39 is 0 Å². The lowest BCUT2D eigenvalue weighted by Crippen LogP contribution is -2.36. The number of H-pyrrole nitrogens is 1. The van der Waals surface area contributed by atoms with Crippen molar-refractivity contribution in [1.29, 1.82) is 0 Å². The summed E-state index contributed by atoms with van der Waals surface area (Å²) in [5.74, 6) is 0.421. The van der Waals surface area contributed by atoms with E-state index >= 15 is 0 Å². The molecule has 0 bridgehead atoms. The highest BCUT2D eigenvalue weighted by molar-refractivity contribution is 9.10. The Balaban J connectivity index is 1.64. The summed E-state index contributed by atoms with van der Waals surface area (Å²) in [6.07, 6.45) is 0. The number of hydrazine groups is 1. The quantitative estimate of drug-likeness (QED) is 0.496. The molecule has 1 heterocycles. The SMILES string of the molecule is C=C(NNC(=O)c1cc(-c2cccc(OCC)c2)n[nH]1)c1ccc(Br)cc1. The maximum atomic E-state index is 12.3. The van der Waals surface area contributed by atoms with Gasteiger partial charge in [-0.25, -0.2) is 0 Å². The van der Waals surface area contributed by atoms with Crippen molar-refractivity contribution in [2.45, 2.75) is 6.92 Å². The molecule has 0 aliphatic heterocycles. The topological polar surface area (TPSA) is 79.0 Å². The van der Waals surface area contributed by atoms with Crippen LogP contribution in [0.4, 0.5) is 0 Å². The molecular formula is C20H19BrN4O2. The zero-order valence-electron chi connectivity index (χ0n) is 14.8. The summed E-state index contributed by atoms with van der Waals surface area (Å²) in [6.45, 7) is 6.44. The highest BCUT2D eigenvalue weighted by Crippen LogP contribution is 2.23. The van der Waals surface area contributed by atoms with E-state index in [1.165, 1.54) is 0 Å². The number of rotatable bonds is 7. The van der Waals surface area contributed by atoms with Crippen LogP contribution in [-0.4, -0.2) is 22.7 Å². The van der Waals surface area contributed by atoms with Crippen LogP contribution >= 0.6 is 15.9 Å². The summed E-state index contributed by atoms with van der Waals surface area (Å²) in [5.41, 5.74) is 8.74. The van der Waals surface area contributed by atoms with Crippen LogP contribution in [0.1, 0.15) is 23.0 Å². The van der Waals surface area contributed by atoms with Crippen LogP contribution < -0.4 is 15.6 Å². The molecular weight excluding hydrogens is 408 g/mol. The highest BCUT2D eigenvalue weighted by Gasteiger charge is 2.12. The summed E-state index contributed by atoms with van der Waals surface area (Å²) < 4.78 is 6.47. The molecule has 3 rings (SSSR count). The fraction of sp³-hybridized carbons (Fsp3) is 0.100. The minimum Gasteiger partial charge on any atom is -0.494 e. The summed E-state index contributed by atoms with van der Waals surface area (Å²) in [4.78, 5) is 12.3. The van der Waals surface area contributed by atoms with Gasteiger partial charge in [0.15, 0.2) is 0 Å². The van der Waals surface area contributed by atoms with Crippen LogP contribution in [0.15, 0.2) is 65.6 Å². The number of nitrogens with one attached hydrogen (secondary N) is 3. The molecule has 7 heteroatoms. The monoisotopic (exact) mass is 426 g/mol. The molecule has 0 saturated carbocycles. The van der Waals surface area contributed by atoms with Gasteiger partial charge in [0, 0.05) is 10.0 Å². The van der Waals surface area contributed by atoms with Crippen LogP contribution in [0, 0.1) is 0 Å². The number of amides is 1. The van der Waals surface area contributed by atoms with E-state index in [1.807, 2.05) is 55.5 Å². The maximum Gasteiger partial charge on any atom is 0.287 e. The number of nitrogens with zero attached hydrogens (tertiary/aromatic N) is 1. The smallest absolute Gasteiger partial charge is 0.287 e. The molecule has 0 atom stereocenters. The first kappa shape index (κ1) is 18.7. The lowest BCUT2D eigenvalue weighted by Gasteiger charge is -2.10. The molecule has 0 radical (unpaired) electrons. The average Bonchev–Trinajstić information content (AvgIpc) is 3.17. The first-order valence-corrected chi connectivity index (χ1v) is 9.16. The lowest BCUT2D eigenvalue weighted by atomic mass is 10.1. The molecule has 27 heavy (non-hydrogen) atoms. The first-order chi connectivity index (χ1) is 13.1. The Morgan fingerprint density at radius 2 is 1.96 bits per heavy atom. The number of hydrogen-bond acceptors (Lipinski definition) is 4. The minimum absolute atomic E-state index is 0.336. The van der Waals surface area contributed by atoms with Crippen LogP contribution in [0.3, 0.4) is 0 Å². The van der Waals surface area contributed by atoms with Crippen LogP contribution in [0.2, 0.25) is 0 Å². The van der Waals surface area contributed by atoms with Crippen molar-refractivity contribution in [2.75, 3.05) is 6.61 Å². The molecule has 0 saturated heterocycles. The normalized spacial score (nSPS) is 10.3. The van der Waals surface area contributed by atoms with Crippen molar-refractivity contribution >= 4 is 27.5 Å². The van der Waals surface area contributed by atoms with E-state index in [2.05, 4.69) is 43.6 Å². The first-order valence-electron chi connectivity index (χ1n) is 8.36. The van der Waals surface area contributed by atoms with E-state index in [0.717, 1.165) is 21.3 Å². The van der Waals surface area contributed by atoms with Crippen molar-refractivity contribution in [3.05, 3.63) is 76.9 Å². The molecule has 6 nitrogen and oxygen atoms in total. The van der Waals surface area contributed by atoms with Gasteiger partial charge >= 0.3 is 0 Å². The Kier molecular flexibility index (Phi) is 5.93. The van der Waals surface area contributed by atoms with E-state index in [0.29, 0.717) is 23.7 Å². The second-order valence-corrected chi connectivity index (χ2v) is 6.61. The number of ether oxygens (including phenoxy) is 1. The predicted molar refractivity (Wildman–Crippen MR) is 109 cm³/mol. The summed E-state index contributed by atoms with van der Waals surface area (Å²) >= 11 is 3.38. The second kappa shape index (κ2) is 8.55. The van der Waals surface area contributed by atoms with Crippen molar-refractivity contribution in [1.82, 2.24) is 21.0 Å². The van der Waals surface area contributed by atoms with Gasteiger partial charge in [-0.2, -0.15) is 5.10 Å². The molecule has 1 amide bonds. The highest BCUT2D eigenvalue weighted by atomic mass is 79.9. The molecule has 138 valence electrons. The Morgan fingerprint density at radius 1 is 1.19 bits per heavy atom. The third-order valence-electron chi connectivity index (χ3n) is 3.78. The van der Waals surface area contributed by atoms with Crippen LogP contribution in [-0.2, 0) is 0 Å². The number of aromatic nitrogens is 2. The van der Waals surface area contributed by atoms with Gasteiger partial charge in [-0.05, 0) is 42.8 Å². The van der Waals surface area contributed by atoms with Crippen LogP contribution in [0.25, 0.3) is 17.0 Å². The lowest BCUT2D eigenvalue weighted by molar-refractivity contribution is 0.0937. The van der Waals surface area contributed by atoms with E-state index in [1.54, 1.807) is 6.07 Å². The largest absolute Gasteiger partial charge is 0.494 e. The number of benzene rings is 2. The van der Waals surface area contributed by atoms with E-state index in [-0.39, 0.29) is 5.91 Å². The Hall–Kier alpha value is -3.06. The maximum absolute atomic E-state index is 12.3. The number of hydrogen-bond donors (Lipinski definition) is 3. The van der Waals surface area contributed by atoms with Crippen molar-refractivity contribution in [3.8, 4) is 17.0 Å². The molecule has 2 aromatic carbocycles. The van der Waals surface area contributed by atoms with Gasteiger partial charge in [-0.15, -0.1) is 0 Å². The fourth-order valence-corrected chi connectivity index (χ4v) is 2.68. The molecule has 0 spiro atoms. The zero-order valence-corrected chi connectivity index (χ0v) is 16.3. The molecule has 3 aromatic rings. The number of carbonyl (C=O) groups is 1. The summed E-state index contributed by atoms with van der Waals surface area (Å²) in [7, 11) is 0. The van der Waals surface area contributed by atoms with Crippen molar-refractivity contribution in [3.63, 3.8) is 0 Å². The Labute approximate surface area is 165 Å². The number of carbonyl (C=O) groups excluding carboxylic acids is 1. The molecule has 0 aliphatic carbocycles. The molecule has 0 aliphatic rings. The third-order valence-corrected chi connectivity index (χ3v) is 4.31. The predicted octanol–water partition coefficient (Wildman–Crippen LogP) is 4.14. The van der Waals surface area contributed by atoms with Gasteiger partial charge in [0.05, 0.1) is 18.0 Å². The Bertz CT molecular complexity index is 951. The second-order valence-electron chi connectivity index (χ2n) is 5.69. The zero-order chi connectivity index (χ0) is 19.2. The molecule has 0 fully saturated rings. The van der Waals surface area contributed by atoms with Gasteiger partial charge in [-0.1, -0.05) is 46.8 Å². The molecule has 0 unspecified atom stereocenters. The Morgan fingerprint density at radius 3 is 2.70 bits per heavy atom.